The average molecular weight is 459 g/mol. The summed E-state index contributed by atoms with van der Waals surface area (Å²) < 4.78 is 15.9. The number of hydrogen-bond acceptors (Lipinski definition) is 6. The number of nitrogens with one attached hydrogen (secondary N) is 2. The van der Waals surface area contributed by atoms with E-state index in [2.05, 4.69) is 10.6 Å². The lowest BCUT2D eigenvalue weighted by Crippen LogP contribution is -2.48. The molecule has 2 atom stereocenters. The molecule has 8 nitrogen and oxygen atoms in total. The molecular weight excluding hydrogens is 424 g/mol. The van der Waals surface area contributed by atoms with E-state index in [0.717, 1.165) is 11.1 Å². The summed E-state index contributed by atoms with van der Waals surface area (Å²) in [6.45, 7) is 4.55. The Morgan fingerprint density at radius 3 is 2.27 bits per heavy atom. The lowest BCUT2D eigenvalue weighted by Gasteiger charge is -2.23. The summed E-state index contributed by atoms with van der Waals surface area (Å²) in [6.07, 6.45) is 0.400. The van der Waals surface area contributed by atoms with Gasteiger partial charge in [-0.05, 0) is 42.0 Å². The molecule has 2 aromatic carbocycles. The number of ether oxygens (including phenoxy) is 3. The fourth-order valence-electron chi connectivity index (χ4n) is 3.47. The molecule has 0 spiro atoms. The highest BCUT2D eigenvalue weighted by atomic mass is 16.5. The fourth-order valence-corrected chi connectivity index (χ4v) is 3.47. The number of carboxylic acid groups (broad SMARTS) is 1. The van der Waals surface area contributed by atoms with Crippen LogP contribution in [0.4, 0.5) is 4.79 Å². The molecule has 1 unspecified atom stereocenters. The summed E-state index contributed by atoms with van der Waals surface area (Å²) in [6, 6.07) is 13.6. The van der Waals surface area contributed by atoms with Crippen LogP contribution >= 0.6 is 0 Å². The van der Waals surface area contributed by atoms with E-state index >= 15 is 0 Å². The molecule has 2 aromatic rings. The number of alkyl carbamates (subject to hydrolysis) is 1. The predicted molar refractivity (Wildman–Crippen MR) is 126 cm³/mol. The first-order chi connectivity index (χ1) is 15.8. The van der Waals surface area contributed by atoms with Gasteiger partial charge in [0.15, 0.2) is 11.5 Å². The van der Waals surface area contributed by atoms with Gasteiger partial charge >= 0.3 is 12.1 Å². The molecule has 0 aromatic heterocycles. The molecule has 2 rings (SSSR count). The van der Waals surface area contributed by atoms with Gasteiger partial charge < -0.3 is 30.0 Å². The molecule has 0 radical (unpaired) electrons. The molecular formula is C25H34N2O6. The maximum absolute atomic E-state index is 12.3. The maximum atomic E-state index is 12.3. The maximum Gasteiger partial charge on any atom is 0.407 e. The number of rotatable bonds is 13. The van der Waals surface area contributed by atoms with Crippen LogP contribution in [-0.4, -0.2) is 50.0 Å². The van der Waals surface area contributed by atoms with Gasteiger partial charge in [-0.1, -0.05) is 50.2 Å². The topological polar surface area (TPSA) is 106 Å². The molecule has 0 aliphatic rings. The largest absolute Gasteiger partial charge is 0.493 e. The Bertz CT molecular complexity index is 888. The Labute approximate surface area is 195 Å². The number of carbonyl (C=O) groups excluding carboxylic acids is 1. The van der Waals surface area contributed by atoms with E-state index < -0.39 is 18.1 Å². The standard InChI is InChI=1S/C25H34N2O6/c1-17(2)12-20(27-25(30)33-16-18-8-6-5-7-9-18)15-26-21(24(28)29)13-19-10-11-22(31-3)23(14-19)32-4/h5-11,14,17,20-21,26H,12-13,15-16H2,1-4H3,(H,27,30)(H,28,29)/t20?,21-/m0/s1. The van der Waals surface area contributed by atoms with Crippen molar-refractivity contribution in [3.63, 3.8) is 0 Å². The van der Waals surface area contributed by atoms with Crippen LogP contribution in [0.1, 0.15) is 31.4 Å². The summed E-state index contributed by atoms with van der Waals surface area (Å²) in [5.74, 6) is 0.455. The quantitative estimate of drug-likeness (QED) is 0.421. The van der Waals surface area contributed by atoms with Crippen LogP contribution in [0.25, 0.3) is 0 Å². The number of methoxy groups -OCH3 is 2. The van der Waals surface area contributed by atoms with Crippen LogP contribution < -0.4 is 20.1 Å². The molecule has 8 heteroatoms. The number of amides is 1. The molecule has 0 heterocycles. The van der Waals surface area contributed by atoms with Crippen LogP contribution in [0.5, 0.6) is 11.5 Å². The minimum Gasteiger partial charge on any atom is -0.493 e. The first kappa shape index (κ1) is 26.0. The number of hydrogen-bond donors (Lipinski definition) is 3. The Balaban J connectivity index is 1.96. The smallest absolute Gasteiger partial charge is 0.407 e. The summed E-state index contributed by atoms with van der Waals surface area (Å²) >= 11 is 0. The summed E-state index contributed by atoms with van der Waals surface area (Å²) in [5, 5.41) is 15.7. The van der Waals surface area contributed by atoms with E-state index in [0.29, 0.717) is 30.4 Å². The van der Waals surface area contributed by atoms with Crippen molar-refractivity contribution < 1.29 is 28.9 Å². The van der Waals surface area contributed by atoms with Crippen molar-refractivity contribution in [2.24, 2.45) is 5.92 Å². The molecule has 1 amide bonds. The Morgan fingerprint density at radius 2 is 1.67 bits per heavy atom. The minimum atomic E-state index is -0.972. The van der Waals surface area contributed by atoms with Crippen molar-refractivity contribution in [2.75, 3.05) is 20.8 Å². The molecule has 0 saturated heterocycles. The predicted octanol–water partition coefficient (Wildman–Crippen LogP) is 3.63. The highest BCUT2D eigenvalue weighted by Gasteiger charge is 2.22. The molecule has 0 bridgehead atoms. The first-order valence-electron chi connectivity index (χ1n) is 11.0. The van der Waals surface area contributed by atoms with Gasteiger partial charge in [-0.15, -0.1) is 0 Å². The van der Waals surface area contributed by atoms with Gasteiger partial charge in [0, 0.05) is 12.6 Å². The molecule has 0 aliphatic heterocycles. The second-order valence-electron chi connectivity index (χ2n) is 8.23. The molecule has 0 saturated carbocycles. The van der Waals surface area contributed by atoms with Crippen molar-refractivity contribution in [3.8, 4) is 11.5 Å². The molecule has 3 N–H and O–H groups in total. The number of carbonyl (C=O) groups is 2. The summed E-state index contributed by atoms with van der Waals surface area (Å²) in [4.78, 5) is 24.2. The zero-order chi connectivity index (χ0) is 24.2. The van der Waals surface area contributed by atoms with Gasteiger partial charge in [0.2, 0.25) is 0 Å². The SMILES string of the molecule is COc1ccc(C[C@H](NCC(CC(C)C)NC(=O)OCc2ccccc2)C(=O)O)cc1OC. The Hall–Kier alpha value is -3.26. The third kappa shape index (κ3) is 9.02. The third-order valence-electron chi connectivity index (χ3n) is 5.09. The van der Waals surface area contributed by atoms with Gasteiger partial charge in [0.1, 0.15) is 12.6 Å². The second kappa shape index (κ2) is 13.3. The van der Waals surface area contributed by atoms with Gasteiger partial charge in [-0.25, -0.2) is 4.79 Å². The molecule has 0 aliphatic carbocycles. The van der Waals surface area contributed by atoms with Crippen LogP contribution in [0, 0.1) is 5.92 Å². The zero-order valence-electron chi connectivity index (χ0n) is 19.7. The van der Waals surface area contributed by atoms with E-state index in [-0.39, 0.29) is 19.1 Å². The zero-order valence-corrected chi connectivity index (χ0v) is 19.7. The summed E-state index contributed by atoms with van der Waals surface area (Å²) in [7, 11) is 3.08. The van der Waals surface area contributed by atoms with Crippen molar-refractivity contribution in [1.82, 2.24) is 10.6 Å². The van der Waals surface area contributed by atoms with Gasteiger partial charge in [-0.3, -0.25) is 4.79 Å². The average Bonchev–Trinajstić information content (AvgIpc) is 2.80. The van der Waals surface area contributed by atoms with Gasteiger partial charge in [0.05, 0.1) is 14.2 Å². The fraction of sp³-hybridized carbons (Fsp3) is 0.440. The Morgan fingerprint density at radius 1 is 0.970 bits per heavy atom. The molecule has 0 fully saturated rings. The van der Waals surface area contributed by atoms with Crippen LogP contribution in [0.3, 0.4) is 0 Å². The highest BCUT2D eigenvalue weighted by Crippen LogP contribution is 2.28. The number of aliphatic carboxylic acids is 1. The van der Waals surface area contributed by atoms with E-state index in [9.17, 15) is 14.7 Å². The van der Waals surface area contributed by atoms with Crippen molar-refractivity contribution in [3.05, 3.63) is 59.7 Å². The molecule has 180 valence electrons. The van der Waals surface area contributed by atoms with Crippen LogP contribution in [-0.2, 0) is 22.6 Å². The molecule has 33 heavy (non-hydrogen) atoms. The van der Waals surface area contributed by atoms with Crippen molar-refractivity contribution >= 4 is 12.1 Å². The lowest BCUT2D eigenvalue weighted by molar-refractivity contribution is -0.139. The van der Waals surface area contributed by atoms with Crippen molar-refractivity contribution in [1.29, 1.82) is 0 Å². The third-order valence-corrected chi connectivity index (χ3v) is 5.09. The van der Waals surface area contributed by atoms with Gasteiger partial charge in [-0.2, -0.15) is 0 Å². The van der Waals surface area contributed by atoms with Gasteiger partial charge in [0.25, 0.3) is 0 Å². The van der Waals surface area contributed by atoms with E-state index in [1.807, 2.05) is 50.2 Å². The minimum absolute atomic E-state index is 0.172. The van der Waals surface area contributed by atoms with Crippen LogP contribution in [0.2, 0.25) is 0 Å². The number of carboxylic acids is 1. The van der Waals surface area contributed by atoms with E-state index in [4.69, 9.17) is 14.2 Å². The normalized spacial score (nSPS) is 12.6. The summed E-state index contributed by atoms with van der Waals surface area (Å²) in [5.41, 5.74) is 1.69. The monoisotopic (exact) mass is 458 g/mol. The first-order valence-corrected chi connectivity index (χ1v) is 11.0. The lowest BCUT2D eigenvalue weighted by atomic mass is 10.0. The second-order valence-corrected chi connectivity index (χ2v) is 8.23. The Kier molecular flexibility index (Phi) is 10.5. The van der Waals surface area contributed by atoms with Crippen LogP contribution in [0.15, 0.2) is 48.5 Å². The van der Waals surface area contributed by atoms with E-state index in [1.54, 1.807) is 19.2 Å². The van der Waals surface area contributed by atoms with Crippen molar-refractivity contribution in [2.45, 2.75) is 45.4 Å². The number of benzene rings is 2. The van der Waals surface area contributed by atoms with E-state index in [1.165, 1.54) is 7.11 Å². The highest BCUT2D eigenvalue weighted by molar-refractivity contribution is 5.74.